The lowest BCUT2D eigenvalue weighted by molar-refractivity contribution is 0.0948. The Kier molecular flexibility index (Phi) is 6.89. The van der Waals surface area contributed by atoms with Crippen molar-refractivity contribution in [2.75, 3.05) is 27.4 Å². The van der Waals surface area contributed by atoms with Crippen LogP contribution in [0.25, 0.3) is 0 Å². The van der Waals surface area contributed by atoms with Crippen LogP contribution in [-0.4, -0.2) is 38.3 Å². The van der Waals surface area contributed by atoms with E-state index in [0.717, 1.165) is 17.1 Å². The van der Waals surface area contributed by atoms with E-state index in [2.05, 4.69) is 10.3 Å². The van der Waals surface area contributed by atoms with E-state index >= 15 is 0 Å². The molecule has 0 fully saturated rings. The minimum atomic E-state index is -0.353. The second-order valence-corrected chi connectivity index (χ2v) is 5.50. The summed E-state index contributed by atoms with van der Waals surface area (Å²) in [6.07, 6.45) is 0.578. The summed E-state index contributed by atoms with van der Waals surface area (Å²) in [5, 5.41) is 3.09. The third kappa shape index (κ3) is 5.00. The normalized spacial score (nSPS) is 10.2. The number of pyridine rings is 1. The van der Waals surface area contributed by atoms with Gasteiger partial charge in [-0.25, -0.2) is 4.98 Å². The Balaban J connectivity index is 2.02. The molecule has 1 N–H and O–H groups in total. The van der Waals surface area contributed by atoms with Gasteiger partial charge in [0.25, 0.3) is 5.91 Å². The Hall–Kier alpha value is -2.47. The first-order valence-corrected chi connectivity index (χ1v) is 8.25. The fraction of sp³-hybridized carbons (Fsp3) is 0.333. The number of nitrogens with zero attached hydrogens (tertiary/aromatic N) is 1. The molecule has 0 unspecified atom stereocenters. The maximum Gasteiger partial charge on any atom is 0.271 e. The Morgan fingerprint density at radius 1 is 1.20 bits per heavy atom. The van der Waals surface area contributed by atoms with E-state index in [1.54, 1.807) is 26.4 Å². The zero-order chi connectivity index (χ0) is 18.2. The summed E-state index contributed by atoms with van der Waals surface area (Å²) in [6, 6.07) is 8.76. The largest absolute Gasteiger partial charge is 0.497 e. The van der Waals surface area contributed by atoms with Gasteiger partial charge in [0.05, 0.1) is 25.8 Å². The minimum Gasteiger partial charge on any atom is -0.497 e. The molecule has 1 amide bonds. The van der Waals surface area contributed by atoms with Crippen LogP contribution in [0.2, 0.25) is 5.02 Å². The van der Waals surface area contributed by atoms with Gasteiger partial charge in [0.15, 0.2) is 5.69 Å². The van der Waals surface area contributed by atoms with E-state index in [-0.39, 0.29) is 16.6 Å². The monoisotopic (exact) mass is 364 g/mol. The lowest BCUT2D eigenvalue weighted by Crippen LogP contribution is -2.27. The quantitative estimate of drug-likeness (QED) is 0.779. The Morgan fingerprint density at radius 2 is 2.00 bits per heavy atom. The number of methoxy groups -OCH3 is 2. The van der Waals surface area contributed by atoms with Crippen molar-refractivity contribution in [3.63, 3.8) is 0 Å². The molecule has 0 aliphatic heterocycles. The molecule has 0 bridgehead atoms. The molecule has 1 heterocycles. The maximum absolute atomic E-state index is 12.3. The first-order valence-electron chi connectivity index (χ1n) is 7.87. The summed E-state index contributed by atoms with van der Waals surface area (Å²) in [4.78, 5) is 16.5. The zero-order valence-electron chi connectivity index (χ0n) is 14.5. The van der Waals surface area contributed by atoms with Gasteiger partial charge in [-0.3, -0.25) is 4.79 Å². The molecule has 0 spiro atoms. The van der Waals surface area contributed by atoms with Crippen molar-refractivity contribution in [2.24, 2.45) is 0 Å². The van der Waals surface area contributed by atoms with Crippen LogP contribution in [0.5, 0.6) is 17.4 Å². The highest BCUT2D eigenvalue weighted by Crippen LogP contribution is 2.24. The summed E-state index contributed by atoms with van der Waals surface area (Å²) < 4.78 is 15.9. The standard InChI is InChI=1S/C18H21ClN2O4/c1-4-25-16-8-6-14(19)17(21-16)18(22)20-10-9-12-11-13(23-2)5-7-15(12)24-3/h5-8,11H,4,9-10H2,1-3H3,(H,20,22). The van der Waals surface area contributed by atoms with Gasteiger partial charge in [-0.1, -0.05) is 11.6 Å². The number of carbonyl (C=O) groups is 1. The fourth-order valence-electron chi connectivity index (χ4n) is 2.28. The number of rotatable bonds is 8. The topological polar surface area (TPSA) is 69.7 Å². The molecule has 1 aromatic carbocycles. The number of nitrogens with one attached hydrogen (secondary N) is 1. The fourth-order valence-corrected chi connectivity index (χ4v) is 2.47. The van der Waals surface area contributed by atoms with Crippen LogP contribution in [0.3, 0.4) is 0 Å². The van der Waals surface area contributed by atoms with Crippen LogP contribution in [0.15, 0.2) is 30.3 Å². The highest BCUT2D eigenvalue weighted by Gasteiger charge is 2.14. The predicted molar refractivity (Wildman–Crippen MR) is 96.0 cm³/mol. The van der Waals surface area contributed by atoms with Crippen molar-refractivity contribution in [2.45, 2.75) is 13.3 Å². The smallest absolute Gasteiger partial charge is 0.271 e. The summed E-state index contributed by atoms with van der Waals surface area (Å²) in [7, 11) is 3.21. The SMILES string of the molecule is CCOc1ccc(Cl)c(C(=O)NCCc2cc(OC)ccc2OC)n1. The van der Waals surface area contributed by atoms with E-state index in [1.165, 1.54) is 0 Å². The first-order chi connectivity index (χ1) is 12.1. The van der Waals surface area contributed by atoms with Gasteiger partial charge in [-0.2, -0.15) is 0 Å². The lowest BCUT2D eigenvalue weighted by atomic mass is 10.1. The van der Waals surface area contributed by atoms with Gasteiger partial charge < -0.3 is 19.5 Å². The number of amides is 1. The molecular weight excluding hydrogens is 344 g/mol. The van der Waals surface area contributed by atoms with Crippen LogP contribution in [0.1, 0.15) is 23.0 Å². The number of aromatic nitrogens is 1. The first kappa shape index (κ1) is 18.9. The highest BCUT2D eigenvalue weighted by molar-refractivity contribution is 6.33. The summed E-state index contributed by atoms with van der Waals surface area (Å²) >= 11 is 6.06. The van der Waals surface area contributed by atoms with E-state index < -0.39 is 0 Å². The third-order valence-corrected chi connectivity index (χ3v) is 3.80. The van der Waals surface area contributed by atoms with Gasteiger partial charge in [0, 0.05) is 12.6 Å². The molecule has 6 nitrogen and oxygen atoms in total. The molecule has 0 saturated carbocycles. The Labute approximate surface area is 152 Å². The minimum absolute atomic E-state index is 0.144. The molecule has 134 valence electrons. The molecule has 0 atom stereocenters. The predicted octanol–water partition coefficient (Wildman–Crippen LogP) is 3.12. The average molecular weight is 365 g/mol. The number of hydrogen-bond donors (Lipinski definition) is 1. The van der Waals surface area contributed by atoms with Crippen LogP contribution in [0.4, 0.5) is 0 Å². The van der Waals surface area contributed by atoms with Crippen molar-refractivity contribution in [1.29, 1.82) is 0 Å². The number of benzene rings is 1. The number of carbonyl (C=O) groups excluding carboxylic acids is 1. The van der Waals surface area contributed by atoms with Crippen molar-refractivity contribution in [1.82, 2.24) is 10.3 Å². The van der Waals surface area contributed by atoms with Gasteiger partial charge in [0.1, 0.15) is 11.5 Å². The molecule has 2 aromatic rings. The van der Waals surface area contributed by atoms with Gasteiger partial charge in [-0.05, 0) is 43.2 Å². The molecule has 25 heavy (non-hydrogen) atoms. The Morgan fingerprint density at radius 3 is 2.68 bits per heavy atom. The molecular formula is C18H21ClN2O4. The van der Waals surface area contributed by atoms with Crippen molar-refractivity contribution < 1.29 is 19.0 Å². The van der Waals surface area contributed by atoms with Crippen LogP contribution >= 0.6 is 11.6 Å². The average Bonchev–Trinajstić information content (AvgIpc) is 2.63. The third-order valence-electron chi connectivity index (χ3n) is 3.50. The summed E-state index contributed by atoms with van der Waals surface area (Å²) in [5.41, 5.74) is 1.08. The maximum atomic E-state index is 12.3. The van der Waals surface area contributed by atoms with Gasteiger partial charge in [0.2, 0.25) is 5.88 Å². The molecule has 7 heteroatoms. The van der Waals surface area contributed by atoms with E-state index in [4.69, 9.17) is 25.8 Å². The summed E-state index contributed by atoms with van der Waals surface area (Å²) in [6.45, 7) is 2.71. The van der Waals surface area contributed by atoms with E-state index in [0.29, 0.717) is 25.5 Å². The van der Waals surface area contributed by atoms with Crippen molar-refractivity contribution >= 4 is 17.5 Å². The van der Waals surface area contributed by atoms with Crippen LogP contribution in [0, 0.1) is 0 Å². The molecule has 0 radical (unpaired) electrons. The van der Waals surface area contributed by atoms with Crippen LogP contribution in [-0.2, 0) is 6.42 Å². The number of halogens is 1. The van der Waals surface area contributed by atoms with Crippen LogP contribution < -0.4 is 19.5 Å². The van der Waals surface area contributed by atoms with Gasteiger partial charge in [-0.15, -0.1) is 0 Å². The molecule has 0 aliphatic carbocycles. The van der Waals surface area contributed by atoms with E-state index in [9.17, 15) is 4.79 Å². The van der Waals surface area contributed by atoms with E-state index in [1.807, 2.05) is 25.1 Å². The molecule has 0 saturated heterocycles. The second kappa shape index (κ2) is 9.13. The molecule has 0 aliphatic rings. The molecule has 2 rings (SSSR count). The molecule has 1 aromatic heterocycles. The van der Waals surface area contributed by atoms with Crippen molar-refractivity contribution in [3.05, 3.63) is 46.6 Å². The summed E-state index contributed by atoms with van der Waals surface area (Å²) in [5.74, 6) is 1.49. The Bertz CT molecular complexity index is 737. The second-order valence-electron chi connectivity index (χ2n) is 5.10. The number of hydrogen-bond acceptors (Lipinski definition) is 5. The number of ether oxygens (including phenoxy) is 3. The lowest BCUT2D eigenvalue weighted by Gasteiger charge is -2.11. The zero-order valence-corrected chi connectivity index (χ0v) is 15.2. The van der Waals surface area contributed by atoms with Gasteiger partial charge >= 0.3 is 0 Å². The van der Waals surface area contributed by atoms with Crippen molar-refractivity contribution in [3.8, 4) is 17.4 Å². The highest BCUT2D eigenvalue weighted by atomic mass is 35.5.